The number of halogens is 3. The van der Waals surface area contributed by atoms with Crippen molar-refractivity contribution in [2.24, 2.45) is 4.99 Å². The molecular formula is C16H19Cl2IN4O. The molecule has 1 aromatic carbocycles. The molecule has 0 amide bonds. The molecule has 5 nitrogen and oxygen atoms in total. The molecule has 0 radical (unpaired) electrons. The first-order valence-corrected chi connectivity index (χ1v) is 7.76. The van der Waals surface area contributed by atoms with Crippen molar-refractivity contribution in [3.05, 3.63) is 57.7 Å². The number of hydrogen-bond acceptors (Lipinski definition) is 3. The SMILES string of the molecule is CN=C(NCc1ccc(Cl)cc1Cl)NCc1cccnc1OC.I. The molecule has 0 spiro atoms. The first-order chi connectivity index (χ1) is 11.1. The molecule has 24 heavy (non-hydrogen) atoms. The van der Waals surface area contributed by atoms with E-state index in [1.165, 1.54) is 0 Å². The number of benzene rings is 1. The van der Waals surface area contributed by atoms with E-state index in [2.05, 4.69) is 20.6 Å². The van der Waals surface area contributed by atoms with Crippen LogP contribution in [0.15, 0.2) is 41.5 Å². The average molecular weight is 481 g/mol. The zero-order chi connectivity index (χ0) is 16.7. The summed E-state index contributed by atoms with van der Waals surface area (Å²) in [6.45, 7) is 1.09. The van der Waals surface area contributed by atoms with Crippen molar-refractivity contribution in [2.75, 3.05) is 14.2 Å². The van der Waals surface area contributed by atoms with Gasteiger partial charge in [-0.2, -0.15) is 0 Å². The van der Waals surface area contributed by atoms with Crippen LogP contribution in [0.3, 0.4) is 0 Å². The summed E-state index contributed by atoms with van der Waals surface area (Å²) in [7, 11) is 3.31. The Kier molecular flexibility index (Phi) is 9.17. The van der Waals surface area contributed by atoms with E-state index in [-0.39, 0.29) is 24.0 Å². The van der Waals surface area contributed by atoms with Crippen molar-refractivity contribution >= 4 is 53.1 Å². The molecule has 2 aromatic rings. The minimum atomic E-state index is 0. The number of guanidine groups is 1. The Hall–Kier alpha value is -1.25. The van der Waals surface area contributed by atoms with Gasteiger partial charge in [0, 0.05) is 41.9 Å². The van der Waals surface area contributed by atoms with Gasteiger partial charge in [-0.3, -0.25) is 4.99 Å². The van der Waals surface area contributed by atoms with Gasteiger partial charge < -0.3 is 15.4 Å². The number of nitrogens with zero attached hydrogens (tertiary/aromatic N) is 2. The predicted octanol–water partition coefficient (Wildman–Crippen LogP) is 3.88. The lowest BCUT2D eigenvalue weighted by Crippen LogP contribution is -2.36. The molecule has 2 rings (SSSR count). The molecule has 0 aliphatic rings. The number of ether oxygens (including phenoxy) is 1. The number of methoxy groups -OCH3 is 1. The van der Waals surface area contributed by atoms with Crippen LogP contribution < -0.4 is 15.4 Å². The minimum absolute atomic E-state index is 0. The van der Waals surface area contributed by atoms with Crippen LogP contribution in [0.2, 0.25) is 10.0 Å². The van der Waals surface area contributed by atoms with Crippen LogP contribution in [0.4, 0.5) is 0 Å². The fourth-order valence-corrected chi connectivity index (χ4v) is 2.46. The Morgan fingerprint density at radius 1 is 1.17 bits per heavy atom. The molecule has 0 saturated carbocycles. The maximum atomic E-state index is 6.16. The molecule has 0 bridgehead atoms. The summed E-state index contributed by atoms with van der Waals surface area (Å²) < 4.78 is 5.23. The van der Waals surface area contributed by atoms with Crippen LogP contribution in [0.25, 0.3) is 0 Å². The third-order valence-corrected chi connectivity index (χ3v) is 3.76. The Morgan fingerprint density at radius 2 is 1.88 bits per heavy atom. The van der Waals surface area contributed by atoms with E-state index >= 15 is 0 Å². The van der Waals surface area contributed by atoms with Gasteiger partial charge in [0.2, 0.25) is 5.88 Å². The van der Waals surface area contributed by atoms with Crippen LogP contribution >= 0.6 is 47.2 Å². The molecule has 130 valence electrons. The van der Waals surface area contributed by atoms with Crippen molar-refractivity contribution in [3.8, 4) is 5.88 Å². The predicted molar refractivity (Wildman–Crippen MR) is 110 cm³/mol. The molecular weight excluding hydrogens is 462 g/mol. The summed E-state index contributed by atoms with van der Waals surface area (Å²) in [5.41, 5.74) is 1.89. The number of pyridine rings is 1. The third-order valence-electron chi connectivity index (χ3n) is 3.17. The molecule has 8 heteroatoms. The van der Waals surface area contributed by atoms with Gasteiger partial charge in [-0.1, -0.05) is 35.3 Å². The molecule has 0 aliphatic carbocycles. The zero-order valence-electron chi connectivity index (χ0n) is 13.3. The fraction of sp³-hybridized carbons (Fsp3) is 0.250. The largest absolute Gasteiger partial charge is 0.481 e. The Balaban J connectivity index is 0.00000288. The molecule has 0 aliphatic heterocycles. The van der Waals surface area contributed by atoms with Gasteiger partial charge in [0.05, 0.1) is 7.11 Å². The van der Waals surface area contributed by atoms with Crippen LogP contribution in [0, 0.1) is 0 Å². The Bertz CT molecular complexity index is 698. The normalized spacial score (nSPS) is 10.8. The van der Waals surface area contributed by atoms with Gasteiger partial charge in [0.25, 0.3) is 0 Å². The lowest BCUT2D eigenvalue weighted by Gasteiger charge is -2.14. The topological polar surface area (TPSA) is 58.5 Å². The maximum absolute atomic E-state index is 6.16. The fourth-order valence-electron chi connectivity index (χ4n) is 1.99. The number of aliphatic imine (C=N–C) groups is 1. The molecule has 2 N–H and O–H groups in total. The number of nitrogens with one attached hydrogen (secondary N) is 2. The van der Waals surface area contributed by atoms with Gasteiger partial charge in [-0.05, 0) is 23.8 Å². The second kappa shape index (κ2) is 10.6. The third kappa shape index (κ3) is 5.99. The van der Waals surface area contributed by atoms with Crippen molar-refractivity contribution in [1.29, 1.82) is 0 Å². The highest BCUT2D eigenvalue weighted by atomic mass is 127. The lowest BCUT2D eigenvalue weighted by molar-refractivity contribution is 0.392. The van der Waals surface area contributed by atoms with Crippen LogP contribution in [0.1, 0.15) is 11.1 Å². The summed E-state index contributed by atoms with van der Waals surface area (Å²) >= 11 is 12.1. The smallest absolute Gasteiger partial charge is 0.218 e. The Labute approximate surface area is 168 Å². The number of hydrogen-bond donors (Lipinski definition) is 2. The van der Waals surface area contributed by atoms with Gasteiger partial charge >= 0.3 is 0 Å². The van der Waals surface area contributed by atoms with Crippen LogP contribution in [-0.4, -0.2) is 25.1 Å². The standard InChI is InChI=1S/C16H18Cl2N4O.HI/c1-19-16(21-9-11-5-6-13(17)8-14(11)18)22-10-12-4-3-7-20-15(12)23-2;/h3-8H,9-10H2,1-2H3,(H2,19,21,22);1H. The van der Waals surface area contributed by atoms with Gasteiger partial charge in [0.15, 0.2) is 5.96 Å². The van der Waals surface area contributed by atoms with E-state index in [1.807, 2.05) is 18.2 Å². The highest BCUT2D eigenvalue weighted by Gasteiger charge is 2.06. The first kappa shape index (κ1) is 20.8. The number of aromatic nitrogens is 1. The molecule has 1 heterocycles. The second-order valence-electron chi connectivity index (χ2n) is 4.69. The summed E-state index contributed by atoms with van der Waals surface area (Å²) in [6, 6.07) is 9.22. The highest BCUT2D eigenvalue weighted by molar-refractivity contribution is 14.0. The van der Waals surface area contributed by atoms with Crippen molar-refractivity contribution < 1.29 is 4.74 Å². The van der Waals surface area contributed by atoms with E-state index in [9.17, 15) is 0 Å². The second-order valence-corrected chi connectivity index (χ2v) is 5.53. The van der Waals surface area contributed by atoms with E-state index in [4.69, 9.17) is 27.9 Å². The van der Waals surface area contributed by atoms with Gasteiger partial charge in [0.1, 0.15) is 0 Å². The summed E-state index contributed by atoms with van der Waals surface area (Å²) in [6.07, 6.45) is 1.69. The van der Waals surface area contributed by atoms with E-state index in [1.54, 1.807) is 32.5 Å². The molecule has 0 atom stereocenters. The summed E-state index contributed by atoms with van der Waals surface area (Å²) in [5.74, 6) is 1.25. The monoisotopic (exact) mass is 480 g/mol. The van der Waals surface area contributed by atoms with E-state index in [0.29, 0.717) is 35.0 Å². The quantitative estimate of drug-likeness (QED) is 0.387. The summed E-state index contributed by atoms with van der Waals surface area (Å²) in [4.78, 5) is 8.35. The van der Waals surface area contributed by atoms with Crippen molar-refractivity contribution in [2.45, 2.75) is 13.1 Å². The Morgan fingerprint density at radius 3 is 2.50 bits per heavy atom. The highest BCUT2D eigenvalue weighted by Crippen LogP contribution is 2.20. The van der Waals surface area contributed by atoms with Crippen molar-refractivity contribution in [3.63, 3.8) is 0 Å². The van der Waals surface area contributed by atoms with Gasteiger partial charge in [-0.15, -0.1) is 24.0 Å². The molecule has 0 fully saturated rings. The molecule has 0 unspecified atom stereocenters. The zero-order valence-corrected chi connectivity index (χ0v) is 17.2. The maximum Gasteiger partial charge on any atom is 0.218 e. The van der Waals surface area contributed by atoms with Crippen molar-refractivity contribution in [1.82, 2.24) is 15.6 Å². The first-order valence-electron chi connectivity index (χ1n) is 7.00. The van der Waals surface area contributed by atoms with Gasteiger partial charge in [-0.25, -0.2) is 4.98 Å². The average Bonchev–Trinajstić information content (AvgIpc) is 2.56. The molecule has 0 saturated heterocycles. The van der Waals surface area contributed by atoms with E-state index in [0.717, 1.165) is 11.1 Å². The number of rotatable bonds is 5. The molecule has 1 aromatic heterocycles. The lowest BCUT2D eigenvalue weighted by atomic mass is 10.2. The van der Waals surface area contributed by atoms with Crippen LogP contribution in [-0.2, 0) is 13.1 Å². The van der Waals surface area contributed by atoms with E-state index < -0.39 is 0 Å². The minimum Gasteiger partial charge on any atom is -0.481 e. The van der Waals surface area contributed by atoms with Crippen LogP contribution in [0.5, 0.6) is 5.88 Å². The summed E-state index contributed by atoms with van der Waals surface area (Å²) in [5, 5.41) is 7.65.